The molecule has 0 heterocycles. The number of fused-ring (bicyclic) bond motifs is 1. The molecule has 4 nitrogen and oxygen atoms in total. The number of ether oxygens (including phenoxy) is 3. The summed E-state index contributed by atoms with van der Waals surface area (Å²) in [4.78, 5) is 11.4. The van der Waals surface area contributed by atoms with E-state index in [9.17, 15) is 4.79 Å². The summed E-state index contributed by atoms with van der Waals surface area (Å²) >= 11 is 0. The van der Waals surface area contributed by atoms with Crippen molar-refractivity contribution in [3.63, 3.8) is 0 Å². The third-order valence-electron chi connectivity index (χ3n) is 2.83. The molecule has 0 unspecified atom stereocenters. The minimum absolute atomic E-state index is 0.140. The summed E-state index contributed by atoms with van der Waals surface area (Å²) in [7, 11) is 1.63. The number of methoxy groups -OCH3 is 1. The van der Waals surface area contributed by atoms with Crippen molar-refractivity contribution in [3.8, 4) is 5.75 Å². The van der Waals surface area contributed by atoms with Crippen LogP contribution in [0.2, 0.25) is 0 Å². The quantitative estimate of drug-likeness (QED) is 0.615. The Kier molecular flexibility index (Phi) is 4.23. The van der Waals surface area contributed by atoms with Gasteiger partial charge in [0.1, 0.15) is 18.1 Å². The second-order valence-electron chi connectivity index (χ2n) is 4.08. The lowest BCUT2D eigenvalue weighted by atomic mass is 9.95. The van der Waals surface area contributed by atoms with E-state index in [4.69, 9.17) is 14.2 Å². The SMILES string of the molecule is C=CCOC(=O)OC1=CCCc2cc(OC)ccc21. The Labute approximate surface area is 112 Å². The maximum Gasteiger partial charge on any atom is 0.514 e. The van der Waals surface area contributed by atoms with Crippen molar-refractivity contribution in [1.82, 2.24) is 0 Å². The van der Waals surface area contributed by atoms with Crippen LogP contribution in [0.15, 0.2) is 36.9 Å². The Morgan fingerprint density at radius 1 is 1.47 bits per heavy atom. The minimum Gasteiger partial charge on any atom is -0.497 e. The van der Waals surface area contributed by atoms with Gasteiger partial charge in [0.25, 0.3) is 0 Å². The molecule has 19 heavy (non-hydrogen) atoms. The van der Waals surface area contributed by atoms with Gasteiger partial charge in [-0.05, 0) is 42.7 Å². The van der Waals surface area contributed by atoms with E-state index in [1.807, 2.05) is 24.3 Å². The van der Waals surface area contributed by atoms with Gasteiger partial charge in [0, 0.05) is 5.56 Å². The average molecular weight is 260 g/mol. The highest BCUT2D eigenvalue weighted by atomic mass is 16.7. The zero-order valence-corrected chi connectivity index (χ0v) is 10.8. The highest BCUT2D eigenvalue weighted by molar-refractivity contribution is 5.75. The first kappa shape index (κ1) is 13.2. The van der Waals surface area contributed by atoms with Gasteiger partial charge in [0.15, 0.2) is 0 Å². The van der Waals surface area contributed by atoms with Gasteiger partial charge in [-0.15, -0.1) is 0 Å². The molecule has 0 spiro atoms. The first-order chi connectivity index (χ1) is 9.24. The van der Waals surface area contributed by atoms with E-state index >= 15 is 0 Å². The summed E-state index contributed by atoms with van der Waals surface area (Å²) in [6.45, 7) is 3.61. The van der Waals surface area contributed by atoms with Gasteiger partial charge < -0.3 is 14.2 Å². The molecule has 1 aliphatic rings. The number of aryl methyl sites for hydroxylation is 1. The molecule has 1 aromatic carbocycles. The average Bonchev–Trinajstić information content (AvgIpc) is 2.44. The zero-order valence-electron chi connectivity index (χ0n) is 10.8. The molecule has 0 bridgehead atoms. The van der Waals surface area contributed by atoms with Crippen LogP contribution in [0.1, 0.15) is 17.5 Å². The van der Waals surface area contributed by atoms with E-state index < -0.39 is 6.16 Å². The van der Waals surface area contributed by atoms with Crippen LogP contribution in [-0.2, 0) is 15.9 Å². The van der Waals surface area contributed by atoms with Crippen molar-refractivity contribution in [1.29, 1.82) is 0 Å². The number of rotatable bonds is 4. The maximum atomic E-state index is 11.4. The third kappa shape index (κ3) is 3.16. The Morgan fingerprint density at radius 3 is 3.05 bits per heavy atom. The molecular formula is C15H16O4. The van der Waals surface area contributed by atoms with Crippen molar-refractivity contribution < 1.29 is 19.0 Å². The Balaban J connectivity index is 2.14. The number of hydrogen-bond donors (Lipinski definition) is 0. The Hall–Kier alpha value is -2.23. The summed E-state index contributed by atoms with van der Waals surface area (Å²) in [6, 6.07) is 5.69. The van der Waals surface area contributed by atoms with E-state index in [-0.39, 0.29) is 6.61 Å². The molecule has 0 saturated heterocycles. The van der Waals surface area contributed by atoms with E-state index in [1.54, 1.807) is 7.11 Å². The highest BCUT2D eigenvalue weighted by Gasteiger charge is 2.17. The van der Waals surface area contributed by atoms with Gasteiger partial charge in [0.2, 0.25) is 0 Å². The molecule has 0 fully saturated rings. The van der Waals surface area contributed by atoms with Crippen molar-refractivity contribution in [2.75, 3.05) is 13.7 Å². The fourth-order valence-corrected chi connectivity index (χ4v) is 1.96. The first-order valence-electron chi connectivity index (χ1n) is 6.07. The fourth-order valence-electron chi connectivity index (χ4n) is 1.96. The number of carbonyl (C=O) groups excluding carboxylic acids is 1. The lowest BCUT2D eigenvalue weighted by molar-refractivity contribution is 0.100. The van der Waals surface area contributed by atoms with E-state index in [0.29, 0.717) is 5.76 Å². The molecule has 2 rings (SSSR count). The topological polar surface area (TPSA) is 44.8 Å². The molecule has 1 aliphatic carbocycles. The summed E-state index contributed by atoms with van der Waals surface area (Å²) in [5.74, 6) is 1.34. The first-order valence-corrected chi connectivity index (χ1v) is 6.07. The van der Waals surface area contributed by atoms with Crippen LogP contribution in [0.3, 0.4) is 0 Å². The van der Waals surface area contributed by atoms with Crippen molar-refractivity contribution in [2.24, 2.45) is 0 Å². The molecular weight excluding hydrogens is 244 g/mol. The Morgan fingerprint density at radius 2 is 2.32 bits per heavy atom. The molecule has 0 amide bonds. The van der Waals surface area contributed by atoms with Crippen LogP contribution in [0.25, 0.3) is 5.76 Å². The van der Waals surface area contributed by atoms with Gasteiger partial charge in [0.05, 0.1) is 7.11 Å². The van der Waals surface area contributed by atoms with Crippen LogP contribution in [0.4, 0.5) is 4.79 Å². The van der Waals surface area contributed by atoms with Crippen LogP contribution in [0.5, 0.6) is 5.75 Å². The molecule has 0 radical (unpaired) electrons. The second kappa shape index (κ2) is 6.09. The van der Waals surface area contributed by atoms with Gasteiger partial charge in [-0.3, -0.25) is 0 Å². The molecule has 0 N–H and O–H groups in total. The van der Waals surface area contributed by atoms with Crippen molar-refractivity contribution in [2.45, 2.75) is 12.8 Å². The number of benzene rings is 1. The molecule has 0 saturated carbocycles. The van der Waals surface area contributed by atoms with Crippen LogP contribution >= 0.6 is 0 Å². The molecule has 4 heteroatoms. The van der Waals surface area contributed by atoms with E-state index in [2.05, 4.69) is 6.58 Å². The monoisotopic (exact) mass is 260 g/mol. The molecule has 0 atom stereocenters. The standard InChI is InChI=1S/C15H16O4/c1-3-9-18-15(16)19-14-6-4-5-11-10-12(17-2)7-8-13(11)14/h3,6-8,10H,1,4-5,9H2,2H3. The van der Waals surface area contributed by atoms with E-state index in [1.165, 1.54) is 6.08 Å². The predicted molar refractivity (Wildman–Crippen MR) is 71.9 cm³/mol. The van der Waals surface area contributed by atoms with Gasteiger partial charge in [-0.1, -0.05) is 12.7 Å². The van der Waals surface area contributed by atoms with E-state index in [0.717, 1.165) is 29.7 Å². The van der Waals surface area contributed by atoms with Crippen LogP contribution in [0, 0.1) is 0 Å². The van der Waals surface area contributed by atoms with Crippen LogP contribution in [-0.4, -0.2) is 19.9 Å². The van der Waals surface area contributed by atoms with Gasteiger partial charge >= 0.3 is 6.16 Å². The molecule has 1 aromatic rings. The maximum absolute atomic E-state index is 11.4. The van der Waals surface area contributed by atoms with Crippen molar-refractivity contribution in [3.05, 3.63) is 48.1 Å². The Bertz CT molecular complexity index is 517. The summed E-state index contributed by atoms with van der Waals surface area (Å²) < 4.78 is 15.2. The lowest BCUT2D eigenvalue weighted by Crippen LogP contribution is -2.10. The fraction of sp³-hybridized carbons (Fsp3) is 0.267. The summed E-state index contributed by atoms with van der Waals surface area (Å²) in [6.07, 6.45) is 4.40. The summed E-state index contributed by atoms with van der Waals surface area (Å²) in [5, 5.41) is 0. The molecule has 100 valence electrons. The normalized spacial score (nSPS) is 13.0. The van der Waals surface area contributed by atoms with Crippen LogP contribution < -0.4 is 4.74 Å². The lowest BCUT2D eigenvalue weighted by Gasteiger charge is -2.17. The van der Waals surface area contributed by atoms with Gasteiger partial charge in [-0.25, -0.2) is 4.79 Å². The number of hydrogen-bond acceptors (Lipinski definition) is 4. The largest absolute Gasteiger partial charge is 0.514 e. The number of carbonyl (C=O) groups is 1. The summed E-state index contributed by atoms with van der Waals surface area (Å²) in [5.41, 5.74) is 2.01. The van der Waals surface area contributed by atoms with Crippen molar-refractivity contribution >= 4 is 11.9 Å². The zero-order chi connectivity index (χ0) is 13.7. The third-order valence-corrected chi connectivity index (χ3v) is 2.83. The number of allylic oxidation sites excluding steroid dienone is 1. The smallest absolute Gasteiger partial charge is 0.497 e. The minimum atomic E-state index is -0.713. The molecule has 0 aliphatic heterocycles. The highest BCUT2D eigenvalue weighted by Crippen LogP contribution is 2.30. The molecule has 0 aromatic heterocycles. The second-order valence-corrected chi connectivity index (χ2v) is 4.08. The predicted octanol–water partition coefficient (Wildman–Crippen LogP) is 3.32. The van der Waals surface area contributed by atoms with Gasteiger partial charge in [-0.2, -0.15) is 0 Å².